The van der Waals surface area contributed by atoms with E-state index in [2.05, 4.69) is 10.2 Å². The van der Waals surface area contributed by atoms with Crippen LogP contribution in [0.2, 0.25) is 10.0 Å². The monoisotopic (exact) mass is 302 g/mol. The summed E-state index contributed by atoms with van der Waals surface area (Å²) in [4.78, 5) is 13.5. The Bertz CT molecular complexity index is 468. The first-order valence-corrected chi connectivity index (χ1v) is 6.85. The van der Waals surface area contributed by atoms with Crippen LogP contribution in [-0.2, 0) is 9.53 Å². The Hall–Kier alpha value is -0.810. The molecule has 0 saturated carbocycles. The minimum atomic E-state index is -0.0758. The summed E-state index contributed by atoms with van der Waals surface area (Å²) in [6.07, 6.45) is -0.0758. The van der Waals surface area contributed by atoms with Gasteiger partial charge in [-0.05, 0) is 17.7 Å². The number of carbonyl (C=O) groups excluding carboxylic acids is 1. The average Bonchev–Trinajstić information content (AvgIpc) is 2.42. The van der Waals surface area contributed by atoms with Gasteiger partial charge in [0.2, 0.25) is 5.91 Å². The number of nitrogens with one attached hydrogen (secondary N) is 1. The van der Waals surface area contributed by atoms with Crippen molar-refractivity contribution in [3.8, 4) is 0 Å². The van der Waals surface area contributed by atoms with Crippen molar-refractivity contribution in [2.75, 3.05) is 33.3 Å². The zero-order valence-corrected chi connectivity index (χ0v) is 12.2. The Kier molecular flexibility index (Phi) is 5.05. The van der Waals surface area contributed by atoms with Crippen LogP contribution in [-0.4, -0.2) is 44.1 Å². The molecule has 0 aromatic heterocycles. The fraction of sp³-hybridized carbons (Fsp3) is 0.462. The smallest absolute Gasteiger partial charge is 0.233 e. The van der Waals surface area contributed by atoms with Gasteiger partial charge in [0, 0.05) is 20.1 Å². The van der Waals surface area contributed by atoms with Gasteiger partial charge in [-0.3, -0.25) is 9.69 Å². The summed E-state index contributed by atoms with van der Waals surface area (Å²) in [5, 5.41) is 3.67. The van der Waals surface area contributed by atoms with E-state index in [4.69, 9.17) is 27.9 Å². The van der Waals surface area contributed by atoms with Gasteiger partial charge < -0.3 is 10.1 Å². The molecule has 1 N–H and O–H groups in total. The molecule has 1 heterocycles. The molecule has 1 saturated heterocycles. The molecule has 0 aliphatic carbocycles. The van der Waals surface area contributed by atoms with Gasteiger partial charge >= 0.3 is 0 Å². The van der Waals surface area contributed by atoms with E-state index >= 15 is 0 Å². The summed E-state index contributed by atoms with van der Waals surface area (Å²) in [5.41, 5.74) is 0.982. The number of carbonyl (C=O) groups is 1. The van der Waals surface area contributed by atoms with Crippen LogP contribution in [0.5, 0.6) is 0 Å². The lowest BCUT2D eigenvalue weighted by molar-refractivity contribution is -0.123. The summed E-state index contributed by atoms with van der Waals surface area (Å²) < 4.78 is 5.73. The van der Waals surface area contributed by atoms with Crippen molar-refractivity contribution in [1.29, 1.82) is 0 Å². The van der Waals surface area contributed by atoms with Gasteiger partial charge in [0.15, 0.2) is 0 Å². The van der Waals surface area contributed by atoms with Crippen molar-refractivity contribution < 1.29 is 9.53 Å². The molecule has 1 fully saturated rings. The van der Waals surface area contributed by atoms with Crippen LogP contribution in [0.4, 0.5) is 0 Å². The van der Waals surface area contributed by atoms with Gasteiger partial charge in [-0.25, -0.2) is 0 Å². The number of rotatable bonds is 3. The Balaban J connectivity index is 2.04. The molecule has 104 valence electrons. The first kappa shape index (κ1) is 14.6. The molecule has 1 aromatic carbocycles. The van der Waals surface area contributed by atoms with E-state index in [1.54, 1.807) is 13.1 Å². The highest BCUT2D eigenvalue weighted by Crippen LogP contribution is 2.28. The Labute approximate surface area is 122 Å². The largest absolute Gasteiger partial charge is 0.371 e. The number of hydrogen-bond donors (Lipinski definition) is 1. The topological polar surface area (TPSA) is 41.6 Å². The number of likely N-dealkylation sites (N-methyl/N-ethyl adjacent to an activating group) is 1. The molecule has 1 aliphatic rings. The number of halogens is 2. The quantitative estimate of drug-likeness (QED) is 0.930. The van der Waals surface area contributed by atoms with E-state index in [-0.39, 0.29) is 12.0 Å². The van der Waals surface area contributed by atoms with E-state index in [1.807, 2.05) is 12.1 Å². The minimum Gasteiger partial charge on any atom is -0.371 e. The van der Waals surface area contributed by atoms with Crippen molar-refractivity contribution in [2.45, 2.75) is 6.10 Å². The second-order valence-electron chi connectivity index (χ2n) is 4.44. The molecule has 6 heteroatoms. The molecule has 1 aliphatic heterocycles. The molecular formula is C13H16Cl2N2O2. The summed E-state index contributed by atoms with van der Waals surface area (Å²) in [6, 6.07) is 5.49. The molecule has 19 heavy (non-hydrogen) atoms. The Morgan fingerprint density at radius 2 is 2.26 bits per heavy atom. The minimum absolute atomic E-state index is 0.00906. The van der Waals surface area contributed by atoms with E-state index in [1.165, 1.54) is 0 Å². The number of nitrogens with zero attached hydrogens (tertiary/aromatic N) is 1. The summed E-state index contributed by atoms with van der Waals surface area (Å²) in [7, 11) is 1.64. The van der Waals surface area contributed by atoms with E-state index in [0.717, 1.165) is 12.1 Å². The predicted octanol–water partition coefficient (Wildman–Crippen LogP) is 2.11. The lowest BCUT2D eigenvalue weighted by atomic mass is 10.1. The zero-order chi connectivity index (χ0) is 13.8. The van der Waals surface area contributed by atoms with Gasteiger partial charge in [-0.2, -0.15) is 0 Å². The van der Waals surface area contributed by atoms with Crippen LogP contribution < -0.4 is 5.32 Å². The number of ether oxygens (including phenoxy) is 1. The van der Waals surface area contributed by atoms with Crippen molar-refractivity contribution in [3.05, 3.63) is 33.8 Å². The molecule has 1 atom stereocenters. The van der Waals surface area contributed by atoms with Crippen LogP contribution in [0.1, 0.15) is 11.7 Å². The highest BCUT2D eigenvalue weighted by Gasteiger charge is 2.23. The van der Waals surface area contributed by atoms with Gasteiger partial charge in [0.25, 0.3) is 0 Å². The van der Waals surface area contributed by atoms with Crippen LogP contribution in [0.15, 0.2) is 18.2 Å². The first-order valence-electron chi connectivity index (χ1n) is 6.09. The fourth-order valence-corrected chi connectivity index (χ4v) is 2.35. The summed E-state index contributed by atoms with van der Waals surface area (Å²) in [6.45, 7) is 2.41. The molecule has 0 bridgehead atoms. The molecular weight excluding hydrogens is 287 g/mol. The van der Waals surface area contributed by atoms with Crippen molar-refractivity contribution >= 4 is 29.1 Å². The third-order valence-corrected chi connectivity index (χ3v) is 3.85. The molecule has 2 rings (SSSR count). The number of benzene rings is 1. The van der Waals surface area contributed by atoms with E-state index in [0.29, 0.717) is 29.7 Å². The maximum atomic E-state index is 11.4. The van der Waals surface area contributed by atoms with Crippen molar-refractivity contribution in [2.24, 2.45) is 0 Å². The standard InChI is InChI=1S/C13H16Cl2N2O2/c1-16-13(18)8-17-4-5-19-12(7-17)9-2-3-10(14)11(15)6-9/h2-3,6,12H,4-5,7-8H2,1H3,(H,16,18). The average molecular weight is 303 g/mol. The molecule has 1 amide bonds. The Morgan fingerprint density at radius 1 is 1.47 bits per heavy atom. The van der Waals surface area contributed by atoms with Gasteiger partial charge in [-0.15, -0.1) is 0 Å². The number of hydrogen-bond acceptors (Lipinski definition) is 3. The maximum Gasteiger partial charge on any atom is 0.233 e. The highest BCUT2D eigenvalue weighted by molar-refractivity contribution is 6.42. The maximum absolute atomic E-state index is 11.4. The summed E-state index contributed by atoms with van der Waals surface area (Å²) >= 11 is 11.9. The SMILES string of the molecule is CNC(=O)CN1CCOC(c2ccc(Cl)c(Cl)c2)C1. The second-order valence-corrected chi connectivity index (χ2v) is 5.26. The van der Waals surface area contributed by atoms with Crippen LogP contribution in [0, 0.1) is 0 Å². The predicted molar refractivity (Wildman–Crippen MR) is 75.7 cm³/mol. The van der Waals surface area contributed by atoms with Crippen LogP contribution >= 0.6 is 23.2 Å². The second kappa shape index (κ2) is 6.57. The van der Waals surface area contributed by atoms with Crippen LogP contribution in [0.3, 0.4) is 0 Å². The van der Waals surface area contributed by atoms with E-state index < -0.39 is 0 Å². The lowest BCUT2D eigenvalue weighted by Crippen LogP contribution is -2.43. The molecule has 1 aromatic rings. The third kappa shape index (κ3) is 3.83. The zero-order valence-electron chi connectivity index (χ0n) is 10.7. The third-order valence-electron chi connectivity index (χ3n) is 3.11. The summed E-state index contributed by atoms with van der Waals surface area (Å²) in [5.74, 6) is 0.00906. The Morgan fingerprint density at radius 3 is 2.95 bits per heavy atom. The normalized spacial score (nSPS) is 20.3. The van der Waals surface area contributed by atoms with Crippen molar-refractivity contribution in [1.82, 2.24) is 10.2 Å². The fourth-order valence-electron chi connectivity index (χ4n) is 2.04. The number of morpholine rings is 1. The van der Waals surface area contributed by atoms with E-state index in [9.17, 15) is 4.79 Å². The molecule has 0 radical (unpaired) electrons. The van der Waals surface area contributed by atoms with Crippen molar-refractivity contribution in [3.63, 3.8) is 0 Å². The lowest BCUT2D eigenvalue weighted by Gasteiger charge is -2.32. The molecule has 4 nitrogen and oxygen atoms in total. The van der Waals surface area contributed by atoms with Gasteiger partial charge in [-0.1, -0.05) is 29.3 Å². The molecule has 1 unspecified atom stereocenters. The van der Waals surface area contributed by atoms with Gasteiger partial charge in [0.1, 0.15) is 0 Å². The molecule has 0 spiro atoms. The van der Waals surface area contributed by atoms with Crippen LogP contribution in [0.25, 0.3) is 0 Å². The highest BCUT2D eigenvalue weighted by atomic mass is 35.5. The van der Waals surface area contributed by atoms with Gasteiger partial charge in [0.05, 0.1) is 29.3 Å². The number of amides is 1. The first-order chi connectivity index (χ1) is 9.10.